The molecular formula is C21H22N4O4. The maximum absolute atomic E-state index is 12.6. The van der Waals surface area contributed by atoms with Crippen LogP contribution >= 0.6 is 0 Å². The van der Waals surface area contributed by atoms with Crippen LogP contribution in [0.15, 0.2) is 42.5 Å². The molecule has 1 aliphatic rings. The molecule has 0 saturated carbocycles. The van der Waals surface area contributed by atoms with Crippen LogP contribution in [-0.2, 0) is 16.1 Å². The number of hydrogen-bond acceptors (Lipinski definition) is 6. The van der Waals surface area contributed by atoms with Crippen LogP contribution in [0.3, 0.4) is 0 Å². The Labute approximate surface area is 169 Å². The standard InChI is InChI=1S/C21H22N4O4/c1-28-19-10-16(4-7-18(19)29-14-20(23)26)12-24-8-9-25(21(27)13-24)17-5-2-15(11-22)3-6-17/h2-7,10H,8-9,12-14H2,1H3,(H2,23,26). The number of nitrogens with zero attached hydrogens (tertiary/aromatic N) is 3. The van der Waals surface area contributed by atoms with Gasteiger partial charge in [-0.15, -0.1) is 0 Å². The van der Waals surface area contributed by atoms with Gasteiger partial charge in [-0.3, -0.25) is 14.5 Å². The third-order valence-electron chi connectivity index (χ3n) is 4.61. The van der Waals surface area contributed by atoms with Crippen LogP contribution in [0.1, 0.15) is 11.1 Å². The minimum absolute atomic E-state index is 0.00864. The Bertz CT molecular complexity index is 937. The van der Waals surface area contributed by atoms with Crippen molar-refractivity contribution in [3.05, 3.63) is 53.6 Å². The molecule has 2 aromatic carbocycles. The highest BCUT2D eigenvalue weighted by Gasteiger charge is 2.25. The lowest BCUT2D eigenvalue weighted by atomic mass is 10.1. The smallest absolute Gasteiger partial charge is 0.255 e. The van der Waals surface area contributed by atoms with Crippen molar-refractivity contribution >= 4 is 17.5 Å². The van der Waals surface area contributed by atoms with Gasteiger partial charge in [-0.2, -0.15) is 5.26 Å². The normalized spacial score (nSPS) is 14.3. The summed E-state index contributed by atoms with van der Waals surface area (Å²) in [7, 11) is 1.52. The average molecular weight is 394 g/mol. The average Bonchev–Trinajstić information content (AvgIpc) is 2.73. The van der Waals surface area contributed by atoms with Crippen LogP contribution in [0.5, 0.6) is 11.5 Å². The van der Waals surface area contributed by atoms with Crippen LogP contribution < -0.4 is 20.1 Å². The van der Waals surface area contributed by atoms with E-state index in [4.69, 9.17) is 20.5 Å². The number of amides is 2. The molecule has 0 spiro atoms. The van der Waals surface area contributed by atoms with Gasteiger partial charge in [-0.1, -0.05) is 6.07 Å². The Hall–Kier alpha value is -3.57. The Morgan fingerprint density at radius 3 is 2.55 bits per heavy atom. The van der Waals surface area contributed by atoms with Crippen molar-refractivity contribution in [1.82, 2.24) is 4.90 Å². The summed E-state index contributed by atoms with van der Waals surface area (Å²) in [4.78, 5) is 27.3. The summed E-state index contributed by atoms with van der Waals surface area (Å²) < 4.78 is 10.7. The fourth-order valence-electron chi connectivity index (χ4n) is 3.18. The van der Waals surface area contributed by atoms with Crippen molar-refractivity contribution in [2.24, 2.45) is 5.73 Å². The summed E-state index contributed by atoms with van der Waals surface area (Å²) in [5.74, 6) is 0.396. The lowest BCUT2D eigenvalue weighted by Gasteiger charge is -2.34. The number of carbonyl (C=O) groups is 2. The molecule has 2 amide bonds. The maximum atomic E-state index is 12.6. The first-order valence-corrected chi connectivity index (χ1v) is 9.11. The summed E-state index contributed by atoms with van der Waals surface area (Å²) >= 11 is 0. The van der Waals surface area contributed by atoms with Gasteiger partial charge < -0.3 is 20.1 Å². The number of benzene rings is 2. The molecule has 0 radical (unpaired) electrons. The number of methoxy groups -OCH3 is 1. The summed E-state index contributed by atoms with van der Waals surface area (Å²) in [5.41, 5.74) is 7.43. The van der Waals surface area contributed by atoms with E-state index in [-0.39, 0.29) is 12.5 Å². The lowest BCUT2D eigenvalue weighted by Crippen LogP contribution is -2.50. The molecule has 3 rings (SSSR count). The first kappa shape index (κ1) is 20.2. The molecule has 0 aromatic heterocycles. The van der Waals surface area contributed by atoms with Crippen LogP contribution in [0, 0.1) is 11.3 Å². The van der Waals surface area contributed by atoms with Crippen molar-refractivity contribution in [2.75, 3.05) is 38.3 Å². The van der Waals surface area contributed by atoms with Gasteiger partial charge in [-0.25, -0.2) is 0 Å². The number of piperazine rings is 1. The molecule has 2 N–H and O–H groups in total. The van der Waals surface area contributed by atoms with Gasteiger partial charge in [0.1, 0.15) is 0 Å². The third-order valence-corrected chi connectivity index (χ3v) is 4.61. The molecule has 150 valence electrons. The van der Waals surface area contributed by atoms with Crippen molar-refractivity contribution in [3.63, 3.8) is 0 Å². The molecule has 29 heavy (non-hydrogen) atoms. The minimum Gasteiger partial charge on any atom is -0.493 e. The number of primary amides is 1. The molecule has 8 heteroatoms. The van der Waals surface area contributed by atoms with Gasteiger partial charge in [0.15, 0.2) is 18.1 Å². The highest BCUT2D eigenvalue weighted by Crippen LogP contribution is 2.29. The number of nitriles is 1. The van der Waals surface area contributed by atoms with Gasteiger partial charge in [0.05, 0.1) is 25.3 Å². The molecule has 1 aliphatic heterocycles. The second-order valence-electron chi connectivity index (χ2n) is 6.65. The van der Waals surface area contributed by atoms with E-state index in [1.807, 2.05) is 12.1 Å². The number of rotatable bonds is 7. The molecule has 2 aromatic rings. The summed E-state index contributed by atoms with van der Waals surface area (Å²) in [5, 5.41) is 8.90. The zero-order chi connectivity index (χ0) is 20.8. The quantitative estimate of drug-likeness (QED) is 0.758. The van der Waals surface area contributed by atoms with E-state index in [0.29, 0.717) is 43.2 Å². The van der Waals surface area contributed by atoms with E-state index < -0.39 is 5.91 Å². The molecule has 0 bridgehead atoms. The van der Waals surface area contributed by atoms with E-state index in [1.54, 1.807) is 35.2 Å². The van der Waals surface area contributed by atoms with Gasteiger partial charge in [-0.05, 0) is 42.0 Å². The first-order valence-electron chi connectivity index (χ1n) is 9.11. The zero-order valence-electron chi connectivity index (χ0n) is 16.1. The predicted molar refractivity (Wildman–Crippen MR) is 106 cm³/mol. The first-order chi connectivity index (χ1) is 14.0. The van der Waals surface area contributed by atoms with E-state index >= 15 is 0 Å². The monoisotopic (exact) mass is 394 g/mol. The fraction of sp³-hybridized carbons (Fsp3) is 0.286. The second-order valence-corrected chi connectivity index (χ2v) is 6.65. The number of anilines is 1. The molecule has 0 atom stereocenters. The van der Waals surface area contributed by atoms with Crippen LogP contribution in [0.4, 0.5) is 5.69 Å². The molecular weight excluding hydrogens is 372 g/mol. The maximum Gasteiger partial charge on any atom is 0.255 e. The number of carbonyl (C=O) groups excluding carboxylic acids is 2. The summed E-state index contributed by atoms with van der Waals surface area (Å²) in [6.45, 7) is 1.94. The van der Waals surface area contributed by atoms with E-state index in [0.717, 1.165) is 11.3 Å². The Kier molecular flexibility index (Phi) is 6.32. The van der Waals surface area contributed by atoms with E-state index in [9.17, 15) is 9.59 Å². The summed E-state index contributed by atoms with van der Waals surface area (Å²) in [6, 6.07) is 14.5. The third kappa shape index (κ3) is 5.03. The lowest BCUT2D eigenvalue weighted by molar-refractivity contribution is -0.121. The Balaban J connectivity index is 1.62. The van der Waals surface area contributed by atoms with Crippen LogP contribution in [0.2, 0.25) is 0 Å². The minimum atomic E-state index is -0.560. The molecule has 1 heterocycles. The molecule has 0 aliphatic carbocycles. The Morgan fingerprint density at radius 2 is 1.93 bits per heavy atom. The van der Waals surface area contributed by atoms with Crippen molar-refractivity contribution in [1.29, 1.82) is 5.26 Å². The fourth-order valence-corrected chi connectivity index (χ4v) is 3.18. The largest absolute Gasteiger partial charge is 0.493 e. The number of hydrogen-bond donors (Lipinski definition) is 1. The number of ether oxygens (including phenoxy) is 2. The Morgan fingerprint density at radius 1 is 1.17 bits per heavy atom. The molecule has 0 unspecified atom stereocenters. The topological polar surface area (TPSA) is 109 Å². The van der Waals surface area contributed by atoms with Gasteiger partial charge in [0, 0.05) is 25.3 Å². The van der Waals surface area contributed by atoms with Crippen molar-refractivity contribution < 1.29 is 19.1 Å². The highest BCUT2D eigenvalue weighted by atomic mass is 16.5. The van der Waals surface area contributed by atoms with Crippen LogP contribution in [-0.4, -0.2) is 50.1 Å². The predicted octanol–water partition coefficient (Wildman–Crippen LogP) is 1.28. The molecule has 8 nitrogen and oxygen atoms in total. The van der Waals surface area contributed by atoms with Crippen molar-refractivity contribution in [2.45, 2.75) is 6.54 Å². The van der Waals surface area contributed by atoms with E-state index in [2.05, 4.69) is 11.0 Å². The van der Waals surface area contributed by atoms with E-state index in [1.165, 1.54) is 7.11 Å². The van der Waals surface area contributed by atoms with Crippen LogP contribution in [0.25, 0.3) is 0 Å². The van der Waals surface area contributed by atoms with Crippen molar-refractivity contribution in [3.8, 4) is 17.6 Å². The zero-order valence-corrected chi connectivity index (χ0v) is 16.1. The SMILES string of the molecule is COc1cc(CN2CCN(c3ccc(C#N)cc3)C(=O)C2)ccc1OCC(N)=O. The second kappa shape index (κ2) is 9.08. The highest BCUT2D eigenvalue weighted by molar-refractivity contribution is 5.95. The van der Waals surface area contributed by atoms with Gasteiger partial charge in [0.25, 0.3) is 5.91 Å². The van der Waals surface area contributed by atoms with Gasteiger partial charge in [0.2, 0.25) is 5.91 Å². The molecule has 1 fully saturated rings. The number of nitrogens with two attached hydrogens (primary N) is 1. The molecule has 1 saturated heterocycles. The van der Waals surface area contributed by atoms with Gasteiger partial charge >= 0.3 is 0 Å². The summed E-state index contributed by atoms with van der Waals surface area (Å²) in [6.07, 6.45) is 0.